The van der Waals surface area contributed by atoms with Gasteiger partial charge in [-0.15, -0.1) is 0 Å². The zero-order valence-corrected chi connectivity index (χ0v) is 11.1. The Morgan fingerprint density at radius 2 is 1.95 bits per heavy atom. The summed E-state index contributed by atoms with van der Waals surface area (Å²) in [4.78, 5) is 0. The van der Waals surface area contributed by atoms with Crippen LogP contribution in [0.2, 0.25) is 0 Å². The lowest BCUT2D eigenvalue weighted by atomic mass is 10.1. The van der Waals surface area contributed by atoms with E-state index in [0.29, 0.717) is 12.6 Å². The van der Waals surface area contributed by atoms with Crippen molar-refractivity contribution < 1.29 is 13.7 Å². The van der Waals surface area contributed by atoms with E-state index in [2.05, 4.69) is 10.5 Å². The number of rotatable bonds is 4. The smallest absolute Gasteiger partial charge is 0.151 e. The molecule has 0 unspecified atom stereocenters. The quantitative estimate of drug-likeness (QED) is 0.932. The van der Waals surface area contributed by atoms with E-state index < -0.39 is 0 Å². The summed E-state index contributed by atoms with van der Waals surface area (Å²) in [7, 11) is 0. The highest BCUT2D eigenvalue weighted by molar-refractivity contribution is 5.58. The number of ether oxygens (including phenoxy) is 1. The van der Waals surface area contributed by atoms with Gasteiger partial charge in [0.2, 0.25) is 0 Å². The van der Waals surface area contributed by atoms with E-state index in [-0.39, 0.29) is 5.82 Å². The van der Waals surface area contributed by atoms with Crippen LogP contribution in [0.25, 0.3) is 11.3 Å². The predicted molar refractivity (Wildman–Crippen MR) is 72.6 cm³/mol. The lowest BCUT2D eigenvalue weighted by Gasteiger charge is -2.22. The van der Waals surface area contributed by atoms with Crippen molar-refractivity contribution in [2.24, 2.45) is 0 Å². The summed E-state index contributed by atoms with van der Waals surface area (Å²) in [6.45, 7) is 2.28. The minimum absolute atomic E-state index is 0.251. The fourth-order valence-electron chi connectivity index (χ4n) is 2.30. The lowest BCUT2D eigenvalue weighted by molar-refractivity contribution is 0.0769. The molecule has 0 aliphatic carbocycles. The second kappa shape index (κ2) is 6.15. The van der Waals surface area contributed by atoms with Gasteiger partial charge in [0.05, 0.1) is 6.54 Å². The van der Waals surface area contributed by atoms with Crippen LogP contribution in [0, 0.1) is 5.82 Å². The number of nitrogens with zero attached hydrogens (tertiary/aromatic N) is 1. The summed E-state index contributed by atoms with van der Waals surface area (Å²) in [6.07, 6.45) is 2.05. The fourth-order valence-corrected chi connectivity index (χ4v) is 2.30. The zero-order valence-electron chi connectivity index (χ0n) is 11.1. The molecule has 0 bridgehead atoms. The Labute approximate surface area is 116 Å². The first-order chi connectivity index (χ1) is 9.81. The van der Waals surface area contributed by atoms with E-state index in [4.69, 9.17) is 9.26 Å². The molecule has 0 saturated carbocycles. The topological polar surface area (TPSA) is 47.3 Å². The molecular formula is C15H17FN2O2. The highest BCUT2D eigenvalue weighted by Crippen LogP contribution is 2.19. The van der Waals surface area contributed by atoms with Crippen molar-refractivity contribution in [3.63, 3.8) is 0 Å². The second-order valence-electron chi connectivity index (χ2n) is 4.95. The summed E-state index contributed by atoms with van der Waals surface area (Å²) in [5, 5.41) is 7.46. The van der Waals surface area contributed by atoms with Crippen molar-refractivity contribution in [1.82, 2.24) is 10.5 Å². The van der Waals surface area contributed by atoms with Crippen molar-refractivity contribution in [1.29, 1.82) is 0 Å². The van der Waals surface area contributed by atoms with Crippen LogP contribution in [0.4, 0.5) is 4.39 Å². The molecule has 1 aromatic carbocycles. The van der Waals surface area contributed by atoms with Gasteiger partial charge in [-0.05, 0) is 37.1 Å². The molecule has 1 aromatic heterocycles. The summed E-state index contributed by atoms with van der Waals surface area (Å²) in [6, 6.07) is 8.60. The summed E-state index contributed by atoms with van der Waals surface area (Å²) < 4.78 is 23.5. The SMILES string of the molecule is Fc1ccc(-c2cc(CNC3CCOCC3)on2)cc1. The van der Waals surface area contributed by atoms with Gasteiger partial charge in [-0.2, -0.15) is 0 Å². The standard InChI is InChI=1S/C15H17FN2O2/c16-12-3-1-11(2-4-12)15-9-14(20-18-15)10-17-13-5-7-19-8-6-13/h1-4,9,13,17H,5-8,10H2. The molecular weight excluding hydrogens is 259 g/mol. The molecule has 0 atom stereocenters. The molecule has 20 heavy (non-hydrogen) atoms. The maximum atomic E-state index is 12.9. The molecule has 0 spiro atoms. The van der Waals surface area contributed by atoms with Crippen molar-refractivity contribution >= 4 is 0 Å². The van der Waals surface area contributed by atoms with Crippen LogP contribution in [0.1, 0.15) is 18.6 Å². The maximum absolute atomic E-state index is 12.9. The number of hydrogen-bond acceptors (Lipinski definition) is 4. The zero-order chi connectivity index (χ0) is 13.8. The van der Waals surface area contributed by atoms with Crippen molar-refractivity contribution in [3.05, 3.63) is 41.9 Å². The molecule has 2 aromatic rings. The van der Waals surface area contributed by atoms with Gasteiger partial charge in [-0.1, -0.05) is 5.16 Å². The van der Waals surface area contributed by atoms with E-state index in [0.717, 1.165) is 43.1 Å². The third-order valence-electron chi connectivity index (χ3n) is 3.49. The predicted octanol–water partition coefficient (Wildman–Crippen LogP) is 2.75. The van der Waals surface area contributed by atoms with Gasteiger partial charge in [0.15, 0.2) is 5.76 Å². The highest BCUT2D eigenvalue weighted by atomic mass is 19.1. The normalized spacial score (nSPS) is 16.4. The average Bonchev–Trinajstić information content (AvgIpc) is 2.96. The van der Waals surface area contributed by atoms with E-state index in [1.54, 1.807) is 12.1 Å². The minimum atomic E-state index is -0.251. The third kappa shape index (κ3) is 3.23. The van der Waals surface area contributed by atoms with Crippen LogP contribution in [-0.2, 0) is 11.3 Å². The van der Waals surface area contributed by atoms with Crippen LogP contribution in [-0.4, -0.2) is 24.4 Å². The Bertz CT molecular complexity index is 547. The molecule has 3 rings (SSSR count). The van der Waals surface area contributed by atoms with Gasteiger partial charge in [0, 0.05) is 30.9 Å². The highest BCUT2D eigenvalue weighted by Gasteiger charge is 2.14. The Morgan fingerprint density at radius 1 is 1.20 bits per heavy atom. The largest absolute Gasteiger partial charge is 0.381 e. The van der Waals surface area contributed by atoms with Gasteiger partial charge in [0.1, 0.15) is 11.5 Å². The van der Waals surface area contributed by atoms with Gasteiger partial charge in [-0.25, -0.2) is 4.39 Å². The molecule has 1 aliphatic heterocycles. The molecule has 1 fully saturated rings. The van der Waals surface area contributed by atoms with E-state index in [1.165, 1.54) is 12.1 Å². The van der Waals surface area contributed by atoms with Gasteiger partial charge in [0.25, 0.3) is 0 Å². The number of nitrogens with one attached hydrogen (secondary N) is 1. The average molecular weight is 276 g/mol. The Hall–Kier alpha value is -1.72. The number of aromatic nitrogens is 1. The minimum Gasteiger partial charge on any atom is -0.381 e. The summed E-state index contributed by atoms with van der Waals surface area (Å²) in [5.41, 5.74) is 1.58. The molecule has 1 aliphatic rings. The van der Waals surface area contributed by atoms with Crippen LogP contribution in [0.3, 0.4) is 0 Å². The first-order valence-electron chi connectivity index (χ1n) is 6.84. The van der Waals surface area contributed by atoms with E-state index >= 15 is 0 Å². The Kier molecular flexibility index (Phi) is 4.08. The molecule has 0 radical (unpaired) electrons. The van der Waals surface area contributed by atoms with Crippen LogP contribution >= 0.6 is 0 Å². The van der Waals surface area contributed by atoms with Crippen LogP contribution in [0.5, 0.6) is 0 Å². The molecule has 1 saturated heterocycles. The number of benzene rings is 1. The lowest BCUT2D eigenvalue weighted by Crippen LogP contribution is -2.34. The van der Waals surface area contributed by atoms with Crippen molar-refractivity contribution in [3.8, 4) is 11.3 Å². The summed E-state index contributed by atoms with van der Waals surface area (Å²) in [5.74, 6) is 0.537. The molecule has 1 N–H and O–H groups in total. The van der Waals surface area contributed by atoms with Crippen molar-refractivity contribution in [2.45, 2.75) is 25.4 Å². The Morgan fingerprint density at radius 3 is 2.70 bits per heavy atom. The fraction of sp³-hybridized carbons (Fsp3) is 0.400. The first kappa shape index (κ1) is 13.3. The summed E-state index contributed by atoms with van der Waals surface area (Å²) >= 11 is 0. The molecule has 0 amide bonds. The van der Waals surface area contributed by atoms with E-state index in [9.17, 15) is 4.39 Å². The van der Waals surface area contributed by atoms with Crippen LogP contribution < -0.4 is 5.32 Å². The molecule has 5 heteroatoms. The first-order valence-corrected chi connectivity index (χ1v) is 6.84. The second-order valence-corrected chi connectivity index (χ2v) is 4.95. The monoisotopic (exact) mass is 276 g/mol. The Balaban J connectivity index is 1.60. The third-order valence-corrected chi connectivity index (χ3v) is 3.49. The van der Waals surface area contributed by atoms with Gasteiger partial charge >= 0.3 is 0 Å². The molecule has 4 nitrogen and oxygen atoms in total. The molecule has 106 valence electrons. The van der Waals surface area contributed by atoms with E-state index in [1.807, 2.05) is 6.07 Å². The van der Waals surface area contributed by atoms with Crippen molar-refractivity contribution in [2.75, 3.05) is 13.2 Å². The number of halogens is 1. The van der Waals surface area contributed by atoms with Gasteiger partial charge in [-0.3, -0.25) is 0 Å². The molecule has 2 heterocycles. The van der Waals surface area contributed by atoms with Crippen LogP contribution in [0.15, 0.2) is 34.9 Å². The maximum Gasteiger partial charge on any atom is 0.151 e. The van der Waals surface area contributed by atoms with Gasteiger partial charge < -0.3 is 14.6 Å². The number of hydrogen-bond donors (Lipinski definition) is 1.